The maximum Gasteiger partial charge on any atom is 0.240 e. The fraction of sp³-hybridized carbons (Fsp3) is 0.316. The molecule has 3 rings (SSSR count). The normalized spacial score (nSPS) is 21.9. The fourth-order valence-electron chi connectivity index (χ4n) is 3.17. The molecule has 1 unspecified atom stereocenters. The summed E-state index contributed by atoms with van der Waals surface area (Å²) in [6.45, 7) is 2.35. The molecule has 1 aliphatic rings. The Labute approximate surface area is 136 Å². The van der Waals surface area contributed by atoms with Gasteiger partial charge in [-0.05, 0) is 11.1 Å². The van der Waals surface area contributed by atoms with E-state index in [4.69, 9.17) is 10.5 Å². The Morgan fingerprint density at radius 1 is 1.04 bits per heavy atom. The van der Waals surface area contributed by atoms with Crippen molar-refractivity contribution >= 4 is 5.91 Å². The summed E-state index contributed by atoms with van der Waals surface area (Å²) in [5.74, 6) is -0.322. The molecule has 0 bridgehead atoms. The van der Waals surface area contributed by atoms with Gasteiger partial charge in [-0.3, -0.25) is 9.69 Å². The van der Waals surface area contributed by atoms with Crippen LogP contribution < -0.4 is 5.73 Å². The standard InChI is InChI=1S/C19H22N2O2/c20-18(22)19(13-16-7-3-1-4-8-16)15-23-12-11-21(19)14-17-9-5-2-6-10-17/h1-10H,11-15H2,(H2,20,22). The molecule has 1 fully saturated rings. The first-order valence-corrected chi connectivity index (χ1v) is 7.91. The molecule has 0 aliphatic carbocycles. The first-order valence-electron chi connectivity index (χ1n) is 7.91. The number of ether oxygens (including phenoxy) is 1. The highest BCUT2D eigenvalue weighted by molar-refractivity contribution is 5.85. The van der Waals surface area contributed by atoms with E-state index in [0.717, 1.165) is 5.56 Å². The average Bonchev–Trinajstić information content (AvgIpc) is 2.58. The Morgan fingerprint density at radius 3 is 2.26 bits per heavy atom. The fourth-order valence-corrected chi connectivity index (χ4v) is 3.17. The van der Waals surface area contributed by atoms with Crippen LogP contribution in [0.1, 0.15) is 11.1 Å². The van der Waals surface area contributed by atoms with Gasteiger partial charge in [0.2, 0.25) is 5.91 Å². The lowest BCUT2D eigenvalue weighted by molar-refractivity contribution is -0.144. The van der Waals surface area contributed by atoms with Crippen molar-refractivity contribution in [2.24, 2.45) is 5.73 Å². The second kappa shape index (κ2) is 6.94. The Bertz CT molecular complexity index is 645. The quantitative estimate of drug-likeness (QED) is 0.919. The summed E-state index contributed by atoms with van der Waals surface area (Å²) >= 11 is 0. The molecule has 23 heavy (non-hydrogen) atoms. The summed E-state index contributed by atoms with van der Waals surface area (Å²) in [6, 6.07) is 20.2. The van der Waals surface area contributed by atoms with Crippen LogP contribution in [0.25, 0.3) is 0 Å². The summed E-state index contributed by atoms with van der Waals surface area (Å²) in [5, 5.41) is 0. The minimum absolute atomic E-state index is 0.322. The number of morpholine rings is 1. The van der Waals surface area contributed by atoms with Crippen LogP contribution in [0.5, 0.6) is 0 Å². The zero-order chi connectivity index (χ0) is 16.1. The van der Waals surface area contributed by atoms with Gasteiger partial charge < -0.3 is 10.5 Å². The molecular formula is C19H22N2O2. The van der Waals surface area contributed by atoms with Gasteiger partial charge in [0.15, 0.2) is 0 Å². The molecule has 0 saturated carbocycles. The number of rotatable bonds is 5. The van der Waals surface area contributed by atoms with Crippen LogP contribution in [0, 0.1) is 0 Å². The van der Waals surface area contributed by atoms with E-state index in [1.807, 2.05) is 48.5 Å². The summed E-state index contributed by atoms with van der Waals surface area (Å²) in [5.41, 5.74) is 7.30. The van der Waals surface area contributed by atoms with Crippen molar-refractivity contribution in [1.29, 1.82) is 0 Å². The van der Waals surface area contributed by atoms with Crippen LogP contribution in [-0.2, 0) is 22.5 Å². The van der Waals surface area contributed by atoms with E-state index in [9.17, 15) is 4.79 Å². The number of benzene rings is 2. The van der Waals surface area contributed by atoms with Gasteiger partial charge in [0, 0.05) is 19.5 Å². The maximum atomic E-state index is 12.4. The lowest BCUT2D eigenvalue weighted by Gasteiger charge is -2.44. The number of amides is 1. The zero-order valence-electron chi connectivity index (χ0n) is 13.2. The largest absolute Gasteiger partial charge is 0.378 e. The van der Waals surface area contributed by atoms with Crippen molar-refractivity contribution in [3.8, 4) is 0 Å². The molecule has 1 aliphatic heterocycles. The minimum atomic E-state index is -0.796. The third-order valence-corrected chi connectivity index (χ3v) is 4.47. The number of hydrogen-bond donors (Lipinski definition) is 1. The summed E-state index contributed by atoms with van der Waals surface area (Å²) in [6.07, 6.45) is 0.565. The van der Waals surface area contributed by atoms with Crippen LogP contribution in [0.3, 0.4) is 0 Å². The van der Waals surface area contributed by atoms with Crippen LogP contribution in [0.2, 0.25) is 0 Å². The molecule has 2 aromatic carbocycles. The van der Waals surface area contributed by atoms with Crippen LogP contribution in [0.4, 0.5) is 0 Å². The van der Waals surface area contributed by atoms with E-state index >= 15 is 0 Å². The predicted molar refractivity (Wildman–Crippen MR) is 89.7 cm³/mol. The van der Waals surface area contributed by atoms with Crippen molar-refractivity contribution in [2.45, 2.75) is 18.5 Å². The van der Waals surface area contributed by atoms with Gasteiger partial charge in [0.25, 0.3) is 0 Å². The Hall–Kier alpha value is -2.17. The lowest BCUT2D eigenvalue weighted by atomic mass is 9.87. The predicted octanol–water partition coefficient (Wildman–Crippen LogP) is 1.99. The SMILES string of the molecule is NC(=O)C1(Cc2ccccc2)COCCN1Cc1ccccc1. The van der Waals surface area contributed by atoms with Crippen molar-refractivity contribution < 1.29 is 9.53 Å². The molecule has 120 valence electrons. The molecule has 0 radical (unpaired) electrons. The molecule has 1 saturated heterocycles. The third kappa shape index (κ3) is 3.44. The highest BCUT2D eigenvalue weighted by Gasteiger charge is 2.45. The number of nitrogens with zero attached hydrogens (tertiary/aromatic N) is 1. The Balaban J connectivity index is 1.89. The first-order chi connectivity index (χ1) is 11.2. The van der Waals surface area contributed by atoms with Gasteiger partial charge in [-0.2, -0.15) is 0 Å². The lowest BCUT2D eigenvalue weighted by Crippen LogP contribution is -2.64. The van der Waals surface area contributed by atoms with Crippen molar-refractivity contribution in [3.63, 3.8) is 0 Å². The van der Waals surface area contributed by atoms with Gasteiger partial charge in [-0.1, -0.05) is 60.7 Å². The molecule has 2 aromatic rings. The number of carbonyl (C=O) groups is 1. The summed E-state index contributed by atoms with van der Waals surface area (Å²) < 4.78 is 5.64. The highest BCUT2D eigenvalue weighted by Crippen LogP contribution is 2.27. The average molecular weight is 310 g/mol. The second-order valence-electron chi connectivity index (χ2n) is 6.02. The van der Waals surface area contributed by atoms with E-state index in [1.165, 1.54) is 5.56 Å². The van der Waals surface area contributed by atoms with Crippen molar-refractivity contribution in [2.75, 3.05) is 19.8 Å². The molecule has 4 nitrogen and oxygen atoms in total. The van der Waals surface area contributed by atoms with Crippen molar-refractivity contribution in [1.82, 2.24) is 4.90 Å². The van der Waals surface area contributed by atoms with Gasteiger partial charge in [-0.25, -0.2) is 0 Å². The Kier molecular flexibility index (Phi) is 4.74. The zero-order valence-corrected chi connectivity index (χ0v) is 13.2. The number of primary amides is 1. The van der Waals surface area contributed by atoms with Crippen LogP contribution >= 0.6 is 0 Å². The first kappa shape index (κ1) is 15.7. The van der Waals surface area contributed by atoms with Crippen LogP contribution in [0.15, 0.2) is 60.7 Å². The van der Waals surface area contributed by atoms with E-state index in [1.54, 1.807) is 0 Å². The van der Waals surface area contributed by atoms with Crippen molar-refractivity contribution in [3.05, 3.63) is 71.8 Å². The highest BCUT2D eigenvalue weighted by atomic mass is 16.5. The van der Waals surface area contributed by atoms with E-state index in [0.29, 0.717) is 32.7 Å². The van der Waals surface area contributed by atoms with E-state index in [-0.39, 0.29) is 5.91 Å². The molecule has 1 amide bonds. The number of hydrogen-bond acceptors (Lipinski definition) is 3. The number of carbonyl (C=O) groups excluding carboxylic acids is 1. The molecule has 0 aromatic heterocycles. The Morgan fingerprint density at radius 2 is 1.65 bits per heavy atom. The van der Waals surface area contributed by atoms with Gasteiger partial charge in [0.1, 0.15) is 5.54 Å². The molecule has 1 heterocycles. The second-order valence-corrected chi connectivity index (χ2v) is 6.02. The molecule has 4 heteroatoms. The number of nitrogens with two attached hydrogens (primary N) is 1. The van der Waals surface area contributed by atoms with E-state index < -0.39 is 5.54 Å². The van der Waals surface area contributed by atoms with Gasteiger partial charge >= 0.3 is 0 Å². The minimum Gasteiger partial charge on any atom is -0.378 e. The van der Waals surface area contributed by atoms with E-state index in [2.05, 4.69) is 17.0 Å². The van der Waals surface area contributed by atoms with Gasteiger partial charge in [-0.15, -0.1) is 0 Å². The van der Waals surface area contributed by atoms with Crippen LogP contribution in [-0.4, -0.2) is 36.1 Å². The summed E-state index contributed by atoms with van der Waals surface area (Å²) in [4.78, 5) is 14.5. The molecular weight excluding hydrogens is 288 g/mol. The topological polar surface area (TPSA) is 55.6 Å². The smallest absolute Gasteiger partial charge is 0.240 e. The third-order valence-electron chi connectivity index (χ3n) is 4.47. The molecule has 0 spiro atoms. The molecule has 2 N–H and O–H groups in total. The maximum absolute atomic E-state index is 12.4. The summed E-state index contributed by atoms with van der Waals surface area (Å²) in [7, 11) is 0. The van der Waals surface area contributed by atoms with Gasteiger partial charge in [0.05, 0.1) is 13.2 Å². The molecule has 1 atom stereocenters. The monoisotopic (exact) mass is 310 g/mol.